The Hall–Kier alpha value is -2.14. The van der Waals surface area contributed by atoms with Crippen molar-refractivity contribution in [2.45, 2.75) is 26.8 Å². The molecule has 1 aromatic heterocycles. The molecule has 5 heteroatoms. The lowest BCUT2D eigenvalue weighted by molar-refractivity contribution is 0.0962. The number of aromatic nitrogens is 1. The molecular weight excluding hydrogens is 252 g/mol. The zero-order chi connectivity index (χ0) is 14.1. The summed E-state index contributed by atoms with van der Waals surface area (Å²) in [6.45, 7) is 5.74. The van der Waals surface area contributed by atoms with Gasteiger partial charge in [-0.05, 0) is 25.1 Å². The van der Waals surface area contributed by atoms with Gasteiger partial charge in [-0.2, -0.15) is 0 Å². The van der Waals surface area contributed by atoms with E-state index in [2.05, 4.69) is 21.2 Å². The van der Waals surface area contributed by atoms with E-state index >= 15 is 0 Å². The second-order valence-corrected chi connectivity index (χ2v) is 4.62. The number of hydrogen-bond acceptors (Lipinski definition) is 4. The molecule has 0 unspecified atom stereocenters. The van der Waals surface area contributed by atoms with Crippen LogP contribution < -0.4 is 16.2 Å². The van der Waals surface area contributed by atoms with E-state index in [4.69, 9.17) is 0 Å². The summed E-state index contributed by atoms with van der Waals surface area (Å²) in [5.41, 5.74) is 10.6. The first kappa shape index (κ1) is 12.9. The molecule has 4 rings (SSSR count). The largest absolute Gasteiger partial charge is 0.311 e. The van der Waals surface area contributed by atoms with E-state index in [1.807, 2.05) is 32.0 Å². The zero-order valence-corrected chi connectivity index (χ0v) is 11.7. The number of nitrogens with one attached hydrogen (secondary N) is 3. The molecular formula is C15H18N4O. The fourth-order valence-electron chi connectivity index (χ4n) is 2.75. The third-order valence-electron chi connectivity index (χ3n) is 3.59. The van der Waals surface area contributed by atoms with Crippen LogP contribution in [0.5, 0.6) is 0 Å². The number of rotatable bonds is 0. The van der Waals surface area contributed by atoms with Gasteiger partial charge in [-0.3, -0.25) is 20.6 Å². The van der Waals surface area contributed by atoms with E-state index in [1.54, 1.807) is 0 Å². The van der Waals surface area contributed by atoms with Crippen molar-refractivity contribution in [1.29, 1.82) is 0 Å². The minimum Gasteiger partial charge on any atom is -0.311 e. The molecule has 0 bridgehead atoms. The normalized spacial score (nSPS) is 15.6. The molecule has 0 fully saturated rings. The van der Waals surface area contributed by atoms with Gasteiger partial charge in [-0.15, -0.1) is 0 Å². The number of benzene rings is 1. The Labute approximate surface area is 117 Å². The quantitative estimate of drug-likeness (QED) is 0.685. The van der Waals surface area contributed by atoms with Crippen LogP contribution >= 0.6 is 0 Å². The second kappa shape index (κ2) is 5.09. The van der Waals surface area contributed by atoms with Crippen molar-refractivity contribution in [2.75, 3.05) is 12.0 Å². The van der Waals surface area contributed by atoms with Crippen LogP contribution in [-0.4, -0.2) is 17.4 Å². The molecule has 2 aromatic rings. The smallest absolute Gasteiger partial charge is 0.270 e. The van der Waals surface area contributed by atoms with Crippen LogP contribution in [0.2, 0.25) is 0 Å². The summed E-state index contributed by atoms with van der Waals surface area (Å²) >= 11 is 0. The van der Waals surface area contributed by atoms with Gasteiger partial charge in [-0.1, -0.05) is 19.9 Å². The van der Waals surface area contributed by atoms with Gasteiger partial charge in [0.2, 0.25) is 0 Å². The number of fused-ring (bicyclic) bond motifs is 2. The Kier molecular flexibility index (Phi) is 3.28. The van der Waals surface area contributed by atoms with E-state index in [0.717, 1.165) is 41.8 Å². The van der Waals surface area contributed by atoms with Gasteiger partial charge < -0.3 is 5.32 Å². The summed E-state index contributed by atoms with van der Waals surface area (Å²) in [6, 6.07) is 5.68. The Morgan fingerprint density at radius 3 is 2.90 bits per heavy atom. The van der Waals surface area contributed by atoms with Gasteiger partial charge in [-0.25, -0.2) is 0 Å². The summed E-state index contributed by atoms with van der Waals surface area (Å²) in [5, 5.41) is 4.27. The Morgan fingerprint density at radius 2 is 2.05 bits per heavy atom. The SMILES string of the molecule is CC.O=C1NNc2c3c(nc4cccc1c24)CNCC3. The predicted molar refractivity (Wildman–Crippen MR) is 79.6 cm³/mol. The first-order valence-electron chi connectivity index (χ1n) is 7.06. The highest BCUT2D eigenvalue weighted by molar-refractivity contribution is 6.14. The van der Waals surface area contributed by atoms with Crippen molar-refractivity contribution in [3.63, 3.8) is 0 Å². The highest BCUT2D eigenvalue weighted by Crippen LogP contribution is 2.34. The lowest BCUT2D eigenvalue weighted by Gasteiger charge is -2.26. The number of hydrazine groups is 1. The first-order chi connectivity index (χ1) is 9.84. The van der Waals surface area contributed by atoms with Crippen molar-refractivity contribution in [2.24, 2.45) is 0 Å². The monoisotopic (exact) mass is 270 g/mol. The number of pyridine rings is 1. The van der Waals surface area contributed by atoms with Crippen LogP contribution in [0.1, 0.15) is 35.5 Å². The van der Waals surface area contributed by atoms with Crippen LogP contribution in [-0.2, 0) is 13.0 Å². The molecule has 3 N–H and O–H groups in total. The van der Waals surface area contributed by atoms with Gasteiger partial charge in [0.25, 0.3) is 5.91 Å². The van der Waals surface area contributed by atoms with Crippen molar-refractivity contribution in [3.05, 3.63) is 35.0 Å². The maximum absolute atomic E-state index is 11.8. The highest BCUT2D eigenvalue weighted by Gasteiger charge is 2.24. The molecule has 104 valence electrons. The van der Waals surface area contributed by atoms with Crippen LogP contribution in [0.3, 0.4) is 0 Å². The average Bonchev–Trinajstić information content (AvgIpc) is 2.52. The lowest BCUT2D eigenvalue weighted by Crippen LogP contribution is -2.35. The number of carbonyl (C=O) groups is 1. The minimum absolute atomic E-state index is 0.0937. The molecule has 0 saturated heterocycles. The Balaban J connectivity index is 0.000000581. The second-order valence-electron chi connectivity index (χ2n) is 4.62. The number of carbonyl (C=O) groups excluding carboxylic acids is 1. The van der Waals surface area contributed by atoms with E-state index < -0.39 is 0 Å². The maximum atomic E-state index is 11.8. The molecule has 0 aliphatic carbocycles. The van der Waals surface area contributed by atoms with Crippen molar-refractivity contribution in [3.8, 4) is 0 Å². The fraction of sp³-hybridized carbons (Fsp3) is 0.333. The molecule has 2 aliphatic rings. The Bertz CT molecular complexity index is 681. The summed E-state index contributed by atoms with van der Waals surface area (Å²) < 4.78 is 0. The van der Waals surface area contributed by atoms with Crippen LogP contribution in [0.25, 0.3) is 10.9 Å². The molecule has 3 heterocycles. The topological polar surface area (TPSA) is 66.0 Å². The van der Waals surface area contributed by atoms with Crippen molar-refractivity contribution < 1.29 is 4.79 Å². The van der Waals surface area contributed by atoms with E-state index in [1.165, 1.54) is 5.56 Å². The summed E-state index contributed by atoms with van der Waals surface area (Å²) in [6.07, 6.45) is 0.935. The zero-order valence-electron chi connectivity index (χ0n) is 11.7. The number of hydrogen-bond donors (Lipinski definition) is 3. The third-order valence-corrected chi connectivity index (χ3v) is 3.59. The predicted octanol–water partition coefficient (Wildman–Crippen LogP) is 1.98. The molecule has 5 nitrogen and oxygen atoms in total. The van der Waals surface area contributed by atoms with Crippen LogP contribution in [0, 0.1) is 0 Å². The van der Waals surface area contributed by atoms with Crippen LogP contribution in [0.4, 0.5) is 5.69 Å². The summed E-state index contributed by atoms with van der Waals surface area (Å²) in [7, 11) is 0. The van der Waals surface area contributed by atoms with E-state index in [-0.39, 0.29) is 5.91 Å². The molecule has 0 atom stereocenters. The molecule has 0 spiro atoms. The molecule has 0 radical (unpaired) electrons. The van der Waals surface area contributed by atoms with E-state index in [0.29, 0.717) is 5.56 Å². The highest BCUT2D eigenvalue weighted by atomic mass is 16.2. The molecule has 1 amide bonds. The van der Waals surface area contributed by atoms with Crippen molar-refractivity contribution in [1.82, 2.24) is 15.7 Å². The van der Waals surface area contributed by atoms with Crippen LogP contribution in [0.15, 0.2) is 18.2 Å². The van der Waals surface area contributed by atoms with Crippen molar-refractivity contribution >= 4 is 22.5 Å². The first-order valence-corrected chi connectivity index (χ1v) is 7.06. The molecule has 20 heavy (non-hydrogen) atoms. The summed E-state index contributed by atoms with van der Waals surface area (Å²) in [5.74, 6) is -0.0937. The van der Waals surface area contributed by atoms with Gasteiger partial charge in [0.1, 0.15) is 0 Å². The molecule has 2 aliphatic heterocycles. The Morgan fingerprint density at radius 1 is 1.20 bits per heavy atom. The van der Waals surface area contributed by atoms with Gasteiger partial charge >= 0.3 is 0 Å². The maximum Gasteiger partial charge on any atom is 0.270 e. The minimum atomic E-state index is -0.0937. The molecule has 0 saturated carbocycles. The number of nitrogens with zero attached hydrogens (tertiary/aromatic N) is 1. The molecule has 1 aromatic carbocycles. The van der Waals surface area contributed by atoms with Gasteiger partial charge in [0.05, 0.1) is 22.5 Å². The lowest BCUT2D eigenvalue weighted by atomic mass is 9.96. The number of anilines is 1. The standard InChI is InChI=1S/C13H12N4O.C2H6/c18-13-8-2-1-3-9-11(8)12(16-17-13)7-4-5-14-6-10(7)15-9;1-2/h1-3,14,16H,4-6H2,(H,17,18);1-2H3. The van der Waals surface area contributed by atoms with E-state index in [9.17, 15) is 4.79 Å². The van der Waals surface area contributed by atoms with Gasteiger partial charge in [0.15, 0.2) is 0 Å². The number of amides is 1. The average molecular weight is 270 g/mol. The third kappa shape index (κ3) is 1.82. The van der Waals surface area contributed by atoms with Gasteiger partial charge in [0, 0.05) is 17.5 Å². The summed E-state index contributed by atoms with van der Waals surface area (Å²) in [4.78, 5) is 16.5. The fourth-order valence-corrected chi connectivity index (χ4v) is 2.75.